The molecule has 0 heterocycles. The van der Waals surface area contributed by atoms with Gasteiger partial charge < -0.3 is 36.4 Å². The van der Waals surface area contributed by atoms with Crippen LogP contribution in [0.3, 0.4) is 0 Å². The Balaban J connectivity index is 4.86. The highest BCUT2D eigenvalue weighted by Crippen LogP contribution is 2.42. The zero-order chi connectivity index (χ0) is 18.3. The van der Waals surface area contributed by atoms with Crippen LogP contribution in [-0.2, 0) is 13.9 Å². The largest absolute Gasteiger partial charge is 0.368 e. The summed E-state index contributed by atoms with van der Waals surface area (Å²) in [6.45, 7) is 0.220. The Labute approximate surface area is 132 Å². The molecule has 0 aliphatic heterocycles. The molecule has 23 heavy (non-hydrogen) atoms. The molecule has 0 aromatic rings. The SMILES string of the molecule is NC(=O)NCCCC[C@@H](C(N)=O)N(CP(=O)(O)O)CP(=O)(O)O. The Kier molecular flexibility index (Phi) is 8.93. The molecular weight excluding hydrogens is 354 g/mol. The van der Waals surface area contributed by atoms with Gasteiger partial charge in [0.1, 0.15) is 12.6 Å². The van der Waals surface area contributed by atoms with Gasteiger partial charge in [-0.05, 0) is 19.3 Å². The van der Waals surface area contributed by atoms with Gasteiger partial charge >= 0.3 is 21.2 Å². The Morgan fingerprint density at radius 1 is 1.00 bits per heavy atom. The maximum atomic E-state index is 11.5. The van der Waals surface area contributed by atoms with E-state index in [0.717, 1.165) is 0 Å². The first-order valence-electron chi connectivity index (χ1n) is 6.47. The molecule has 14 heteroatoms. The number of urea groups is 1. The molecule has 12 nitrogen and oxygen atoms in total. The van der Waals surface area contributed by atoms with E-state index >= 15 is 0 Å². The average Bonchev–Trinajstić information content (AvgIpc) is 2.28. The Morgan fingerprint density at radius 2 is 1.48 bits per heavy atom. The topological polar surface area (TPSA) is 217 Å². The van der Waals surface area contributed by atoms with E-state index in [1.807, 2.05) is 0 Å². The number of hydrogen-bond donors (Lipinski definition) is 7. The minimum atomic E-state index is -4.66. The molecular formula is C9H22N4O8P2. The van der Waals surface area contributed by atoms with Crippen LogP contribution in [0.25, 0.3) is 0 Å². The number of amides is 3. The number of primary amides is 2. The second-order valence-corrected chi connectivity index (χ2v) is 8.13. The molecule has 0 aromatic carbocycles. The molecule has 0 spiro atoms. The van der Waals surface area contributed by atoms with Crippen molar-refractivity contribution in [2.45, 2.75) is 25.3 Å². The van der Waals surface area contributed by atoms with Crippen molar-refractivity contribution in [1.29, 1.82) is 0 Å². The molecule has 0 radical (unpaired) electrons. The average molecular weight is 376 g/mol. The van der Waals surface area contributed by atoms with E-state index in [0.29, 0.717) is 17.7 Å². The third kappa shape index (κ3) is 12.1. The van der Waals surface area contributed by atoms with Crippen LogP contribution in [0, 0.1) is 0 Å². The minimum Gasteiger partial charge on any atom is -0.368 e. The van der Waals surface area contributed by atoms with Crippen molar-refractivity contribution in [3.05, 3.63) is 0 Å². The lowest BCUT2D eigenvalue weighted by Gasteiger charge is -2.29. The Morgan fingerprint density at radius 3 is 1.83 bits per heavy atom. The van der Waals surface area contributed by atoms with Gasteiger partial charge in [-0.3, -0.25) is 18.8 Å². The van der Waals surface area contributed by atoms with Gasteiger partial charge in [-0.25, -0.2) is 4.79 Å². The number of rotatable bonds is 11. The minimum absolute atomic E-state index is 0.00970. The number of carbonyl (C=O) groups excluding carboxylic acids is 2. The monoisotopic (exact) mass is 376 g/mol. The highest BCUT2D eigenvalue weighted by Gasteiger charge is 2.33. The molecule has 1 atom stereocenters. The summed E-state index contributed by atoms with van der Waals surface area (Å²) in [6, 6.07) is -1.98. The van der Waals surface area contributed by atoms with E-state index in [2.05, 4.69) is 5.32 Å². The first-order valence-corrected chi connectivity index (χ1v) is 10.1. The molecule has 0 saturated carbocycles. The van der Waals surface area contributed by atoms with Crippen LogP contribution in [0.15, 0.2) is 0 Å². The van der Waals surface area contributed by atoms with E-state index in [1.165, 1.54) is 0 Å². The molecule has 9 N–H and O–H groups in total. The van der Waals surface area contributed by atoms with Gasteiger partial charge in [-0.2, -0.15) is 0 Å². The third-order valence-electron chi connectivity index (χ3n) is 2.70. The second kappa shape index (κ2) is 9.33. The van der Waals surface area contributed by atoms with Crippen molar-refractivity contribution < 1.29 is 38.3 Å². The predicted molar refractivity (Wildman–Crippen MR) is 80.1 cm³/mol. The molecule has 0 saturated heterocycles. The number of nitrogens with one attached hydrogen (secondary N) is 1. The third-order valence-corrected chi connectivity index (χ3v) is 4.17. The van der Waals surface area contributed by atoms with Gasteiger partial charge in [-0.1, -0.05) is 0 Å². The molecule has 0 fully saturated rings. The zero-order valence-electron chi connectivity index (χ0n) is 12.2. The molecule has 0 unspecified atom stereocenters. The van der Waals surface area contributed by atoms with E-state index < -0.39 is 45.7 Å². The second-order valence-electron chi connectivity index (χ2n) is 4.91. The summed E-state index contributed by atoms with van der Waals surface area (Å²) in [6.07, 6.45) is -1.30. The van der Waals surface area contributed by atoms with Gasteiger partial charge in [0.2, 0.25) is 5.91 Å². The molecule has 136 valence electrons. The first kappa shape index (κ1) is 22.0. The summed E-state index contributed by atoms with van der Waals surface area (Å²) in [7, 11) is -9.32. The highest BCUT2D eigenvalue weighted by atomic mass is 31.2. The quantitative estimate of drug-likeness (QED) is 0.160. The van der Waals surface area contributed by atoms with Crippen molar-refractivity contribution in [2.24, 2.45) is 11.5 Å². The summed E-state index contributed by atoms with van der Waals surface area (Å²) in [5.41, 5.74) is 10.0. The standard InChI is InChI=1S/C9H22N4O8P2/c10-8(14)7(3-1-2-4-12-9(11)15)13(5-22(16,17)18)6-23(19,20)21/h7H,1-6H2,(H2,10,14)(H3,11,12,15)(H2,16,17,18)(H2,19,20,21)/t7-/m0/s1. The molecule has 0 bridgehead atoms. The van der Waals surface area contributed by atoms with Gasteiger partial charge in [-0.15, -0.1) is 0 Å². The first-order chi connectivity index (χ1) is 10.3. The van der Waals surface area contributed by atoms with Gasteiger partial charge in [0.05, 0.1) is 6.04 Å². The highest BCUT2D eigenvalue weighted by molar-refractivity contribution is 7.52. The van der Waals surface area contributed by atoms with Crippen molar-refractivity contribution in [3.63, 3.8) is 0 Å². The van der Waals surface area contributed by atoms with Gasteiger partial charge in [0, 0.05) is 6.54 Å². The molecule has 3 amide bonds. The lowest BCUT2D eigenvalue weighted by atomic mass is 10.1. The molecule has 0 aliphatic rings. The number of nitrogens with two attached hydrogens (primary N) is 2. The fourth-order valence-corrected chi connectivity index (χ4v) is 3.59. The summed E-state index contributed by atoms with van der Waals surface area (Å²) in [4.78, 5) is 58.6. The van der Waals surface area contributed by atoms with Crippen LogP contribution in [0.5, 0.6) is 0 Å². The van der Waals surface area contributed by atoms with Crippen LogP contribution in [0.4, 0.5) is 4.79 Å². The fourth-order valence-electron chi connectivity index (χ4n) is 1.89. The van der Waals surface area contributed by atoms with Crippen molar-refractivity contribution >= 4 is 27.1 Å². The summed E-state index contributed by atoms with van der Waals surface area (Å²) >= 11 is 0. The zero-order valence-corrected chi connectivity index (χ0v) is 14.0. The Bertz CT molecular complexity index is 480. The smallest absolute Gasteiger partial charge is 0.339 e. The summed E-state index contributed by atoms with van der Waals surface area (Å²) < 4.78 is 22.2. The van der Waals surface area contributed by atoms with Gasteiger partial charge in [0.25, 0.3) is 0 Å². The maximum absolute atomic E-state index is 11.5. The van der Waals surface area contributed by atoms with Crippen LogP contribution < -0.4 is 16.8 Å². The van der Waals surface area contributed by atoms with Crippen LogP contribution in [0.1, 0.15) is 19.3 Å². The molecule has 0 rings (SSSR count). The summed E-state index contributed by atoms with van der Waals surface area (Å²) in [5.74, 6) is -0.963. The lowest BCUT2D eigenvalue weighted by molar-refractivity contribution is -0.123. The number of nitrogens with zero attached hydrogens (tertiary/aromatic N) is 1. The number of hydrogen-bond acceptors (Lipinski definition) is 5. The lowest BCUT2D eigenvalue weighted by Crippen LogP contribution is -2.45. The van der Waals surface area contributed by atoms with Gasteiger partial charge in [0.15, 0.2) is 0 Å². The predicted octanol–water partition coefficient (Wildman–Crippen LogP) is -1.75. The summed E-state index contributed by atoms with van der Waals surface area (Å²) in [5, 5.41) is 2.31. The van der Waals surface area contributed by atoms with Crippen molar-refractivity contribution in [3.8, 4) is 0 Å². The maximum Gasteiger partial charge on any atom is 0.339 e. The van der Waals surface area contributed by atoms with E-state index in [-0.39, 0.29) is 13.0 Å². The number of unbranched alkanes of at least 4 members (excludes halogenated alkanes) is 1. The Hall–Kier alpha value is -1.00. The number of carbonyl (C=O) groups is 2. The van der Waals surface area contributed by atoms with Crippen LogP contribution >= 0.6 is 15.2 Å². The fraction of sp³-hybridized carbons (Fsp3) is 0.778. The van der Waals surface area contributed by atoms with Crippen LogP contribution in [0.2, 0.25) is 0 Å². The van der Waals surface area contributed by atoms with Crippen molar-refractivity contribution in [2.75, 3.05) is 19.1 Å². The van der Waals surface area contributed by atoms with Crippen LogP contribution in [-0.4, -0.2) is 61.6 Å². The normalized spacial score (nSPS) is 13.8. The molecule has 0 aliphatic carbocycles. The van der Waals surface area contributed by atoms with E-state index in [9.17, 15) is 18.7 Å². The van der Waals surface area contributed by atoms with E-state index in [4.69, 9.17) is 31.0 Å². The molecule has 0 aromatic heterocycles. The van der Waals surface area contributed by atoms with E-state index in [1.54, 1.807) is 0 Å². The van der Waals surface area contributed by atoms with Crippen molar-refractivity contribution in [1.82, 2.24) is 10.2 Å².